The van der Waals surface area contributed by atoms with E-state index in [0.717, 1.165) is 5.56 Å². The Labute approximate surface area is 142 Å². The molecule has 0 spiro atoms. The Balaban J connectivity index is 2.06. The molecule has 24 heavy (non-hydrogen) atoms. The molecule has 1 fully saturated rings. The van der Waals surface area contributed by atoms with Crippen LogP contribution in [-0.2, 0) is 30.4 Å². The number of ether oxygens (including phenoxy) is 3. The quantitative estimate of drug-likeness (QED) is 0.701. The number of hydrogen-bond donors (Lipinski definition) is 0. The fourth-order valence-corrected chi connectivity index (χ4v) is 3.49. The van der Waals surface area contributed by atoms with Crippen LogP contribution >= 0.6 is 0 Å². The van der Waals surface area contributed by atoms with Gasteiger partial charge in [0.05, 0.1) is 39.3 Å². The molecule has 0 bridgehead atoms. The standard InChI is InChI=1S/C18H25NO5/c1-19(2)16-13(11-24-10-12-8-6-5-7-9-12)14(17(20)22-3)15(16)18(21)23-4/h5-9,13-16H,10-11H2,1-4H3/t13-,14-,15+,16+/m1/s1. The van der Waals surface area contributed by atoms with Gasteiger partial charge in [-0.1, -0.05) is 30.3 Å². The van der Waals surface area contributed by atoms with Crippen LogP contribution in [0.3, 0.4) is 0 Å². The second-order valence-corrected chi connectivity index (χ2v) is 6.22. The number of esters is 2. The van der Waals surface area contributed by atoms with Gasteiger partial charge in [-0.05, 0) is 19.7 Å². The molecule has 6 nitrogen and oxygen atoms in total. The smallest absolute Gasteiger partial charge is 0.311 e. The third-order valence-corrected chi connectivity index (χ3v) is 4.62. The van der Waals surface area contributed by atoms with E-state index in [0.29, 0.717) is 13.2 Å². The van der Waals surface area contributed by atoms with E-state index in [2.05, 4.69) is 0 Å². The summed E-state index contributed by atoms with van der Waals surface area (Å²) in [5, 5.41) is 0. The average molecular weight is 335 g/mol. The second kappa shape index (κ2) is 8.26. The van der Waals surface area contributed by atoms with Gasteiger partial charge >= 0.3 is 11.9 Å². The molecule has 1 aromatic rings. The van der Waals surface area contributed by atoms with Gasteiger partial charge in [-0.15, -0.1) is 0 Å². The van der Waals surface area contributed by atoms with Crippen molar-refractivity contribution in [3.05, 3.63) is 35.9 Å². The summed E-state index contributed by atoms with van der Waals surface area (Å²) in [7, 11) is 6.45. The van der Waals surface area contributed by atoms with Crippen molar-refractivity contribution in [1.82, 2.24) is 4.90 Å². The predicted octanol–water partition coefficient (Wildman–Crippen LogP) is 1.34. The molecule has 2 rings (SSSR count). The molecule has 0 saturated heterocycles. The molecule has 132 valence electrons. The molecule has 0 amide bonds. The molecule has 0 aromatic heterocycles. The first-order valence-electron chi connectivity index (χ1n) is 7.95. The molecular formula is C18H25NO5. The molecular weight excluding hydrogens is 310 g/mol. The number of methoxy groups -OCH3 is 2. The molecule has 0 N–H and O–H groups in total. The third kappa shape index (κ3) is 3.76. The largest absolute Gasteiger partial charge is 0.469 e. The van der Waals surface area contributed by atoms with Gasteiger partial charge in [-0.3, -0.25) is 9.59 Å². The first-order valence-corrected chi connectivity index (χ1v) is 7.95. The van der Waals surface area contributed by atoms with Gasteiger partial charge in [-0.2, -0.15) is 0 Å². The van der Waals surface area contributed by atoms with Gasteiger partial charge in [0, 0.05) is 12.0 Å². The zero-order chi connectivity index (χ0) is 17.7. The van der Waals surface area contributed by atoms with E-state index in [9.17, 15) is 9.59 Å². The van der Waals surface area contributed by atoms with Crippen molar-refractivity contribution in [3.8, 4) is 0 Å². The van der Waals surface area contributed by atoms with Gasteiger partial charge < -0.3 is 19.1 Å². The highest BCUT2D eigenvalue weighted by molar-refractivity contribution is 5.85. The number of carbonyl (C=O) groups excluding carboxylic acids is 2. The number of hydrogen-bond acceptors (Lipinski definition) is 6. The lowest BCUT2D eigenvalue weighted by Crippen LogP contribution is -2.64. The van der Waals surface area contributed by atoms with Gasteiger partial charge in [0.15, 0.2) is 0 Å². The Bertz CT molecular complexity index is 560. The van der Waals surface area contributed by atoms with Crippen LogP contribution in [0.1, 0.15) is 5.56 Å². The molecule has 1 saturated carbocycles. The van der Waals surface area contributed by atoms with Gasteiger partial charge in [0.2, 0.25) is 0 Å². The molecule has 1 aliphatic carbocycles. The topological polar surface area (TPSA) is 65.1 Å². The molecule has 0 radical (unpaired) electrons. The van der Waals surface area contributed by atoms with Crippen LogP contribution in [0.5, 0.6) is 0 Å². The molecule has 0 aliphatic heterocycles. The Hall–Kier alpha value is -1.92. The summed E-state index contributed by atoms with van der Waals surface area (Å²) in [6.07, 6.45) is 0. The summed E-state index contributed by atoms with van der Waals surface area (Å²) in [4.78, 5) is 26.2. The normalized spacial score (nSPS) is 25.9. The van der Waals surface area contributed by atoms with E-state index in [1.807, 2.05) is 49.3 Å². The summed E-state index contributed by atoms with van der Waals surface area (Å²) in [5.41, 5.74) is 1.07. The van der Waals surface area contributed by atoms with Crippen LogP contribution in [0.2, 0.25) is 0 Å². The summed E-state index contributed by atoms with van der Waals surface area (Å²) in [6, 6.07) is 9.71. The minimum absolute atomic E-state index is 0.111. The fraction of sp³-hybridized carbons (Fsp3) is 0.556. The predicted molar refractivity (Wildman–Crippen MR) is 88.1 cm³/mol. The molecule has 1 aromatic carbocycles. The van der Waals surface area contributed by atoms with E-state index >= 15 is 0 Å². The maximum Gasteiger partial charge on any atom is 0.311 e. The Morgan fingerprint density at radius 2 is 1.58 bits per heavy atom. The summed E-state index contributed by atoms with van der Waals surface area (Å²) >= 11 is 0. The number of carbonyl (C=O) groups is 2. The van der Waals surface area contributed by atoms with Crippen molar-refractivity contribution < 1.29 is 23.8 Å². The average Bonchev–Trinajstić information content (AvgIpc) is 2.57. The van der Waals surface area contributed by atoms with Crippen molar-refractivity contribution in [2.75, 3.05) is 34.9 Å². The zero-order valence-electron chi connectivity index (χ0n) is 14.6. The first kappa shape index (κ1) is 18.4. The highest BCUT2D eigenvalue weighted by Crippen LogP contribution is 2.45. The van der Waals surface area contributed by atoms with Crippen LogP contribution in [0, 0.1) is 17.8 Å². The van der Waals surface area contributed by atoms with E-state index < -0.39 is 17.8 Å². The second-order valence-electron chi connectivity index (χ2n) is 6.22. The number of benzene rings is 1. The Morgan fingerprint density at radius 3 is 2.12 bits per heavy atom. The van der Waals surface area contributed by atoms with Crippen LogP contribution in [0.15, 0.2) is 30.3 Å². The Morgan fingerprint density at radius 1 is 1.00 bits per heavy atom. The summed E-state index contributed by atoms with van der Waals surface area (Å²) in [5.74, 6) is -1.95. The first-order chi connectivity index (χ1) is 11.5. The molecule has 0 unspecified atom stereocenters. The summed E-state index contributed by atoms with van der Waals surface area (Å²) < 4.78 is 15.6. The van der Waals surface area contributed by atoms with Crippen LogP contribution in [0.4, 0.5) is 0 Å². The van der Waals surface area contributed by atoms with Crippen molar-refractivity contribution in [2.24, 2.45) is 17.8 Å². The van der Waals surface area contributed by atoms with Gasteiger partial charge in [0.25, 0.3) is 0 Å². The molecule has 0 heterocycles. The van der Waals surface area contributed by atoms with Crippen molar-refractivity contribution in [2.45, 2.75) is 12.6 Å². The third-order valence-electron chi connectivity index (χ3n) is 4.62. The van der Waals surface area contributed by atoms with E-state index in [-0.39, 0.29) is 17.9 Å². The molecule has 1 aliphatic rings. The van der Waals surface area contributed by atoms with E-state index in [4.69, 9.17) is 14.2 Å². The Kier molecular flexibility index (Phi) is 6.34. The zero-order valence-corrected chi connectivity index (χ0v) is 14.6. The number of nitrogens with zero attached hydrogens (tertiary/aromatic N) is 1. The van der Waals surface area contributed by atoms with Gasteiger partial charge in [0.1, 0.15) is 0 Å². The van der Waals surface area contributed by atoms with Gasteiger partial charge in [-0.25, -0.2) is 0 Å². The van der Waals surface area contributed by atoms with E-state index in [1.54, 1.807) is 0 Å². The summed E-state index contributed by atoms with van der Waals surface area (Å²) in [6.45, 7) is 0.847. The van der Waals surface area contributed by atoms with Crippen LogP contribution in [-0.4, -0.2) is 57.8 Å². The maximum atomic E-state index is 12.1. The highest BCUT2D eigenvalue weighted by atomic mass is 16.5. The lowest BCUT2D eigenvalue weighted by Gasteiger charge is -2.51. The van der Waals surface area contributed by atoms with Crippen LogP contribution in [0.25, 0.3) is 0 Å². The monoisotopic (exact) mass is 335 g/mol. The minimum Gasteiger partial charge on any atom is -0.469 e. The van der Waals surface area contributed by atoms with E-state index in [1.165, 1.54) is 14.2 Å². The lowest BCUT2D eigenvalue weighted by atomic mass is 9.60. The van der Waals surface area contributed by atoms with Crippen molar-refractivity contribution in [3.63, 3.8) is 0 Å². The molecule has 4 atom stereocenters. The minimum atomic E-state index is -0.536. The lowest BCUT2D eigenvalue weighted by molar-refractivity contribution is -0.184. The fourth-order valence-electron chi connectivity index (χ4n) is 3.49. The highest BCUT2D eigenvalue weighted by Gasteiger charge is 2.59. The van der Waals surface area contributed by atoms with Crippen LogP contribution < -0.4 is 0 Å². The van der Waals surface area contributed by atoms with Crippen molar-refractivity contribution in [1.29, 1.82) is 0 Å². The number of rotatable bonds is 7. The van der Waals surface area contributed by atoms with Crippen molar-refractivity contribution >= 4 is 11.9 Å². The SMILES string of the molecule is COC(=O)[C@@H]1[C@@H](COCc2ccccc2)[C@H](N(C)C)[C@H]1C(=O)OC. The maximum absolute atomic E-state index is 12.1. The molecule has 6 heteroatoms.